The summed E-state index contributed by atoms with van der Waals surface area (Å²) < 4.78 is 19.4. The first-order valence-corrected chi connectivity index (χ1v) is 7.18. The highest BCUT2D eigenvalue weighted by Gasteiger charge is 2.15. The molecule has 0 spiro atoms. The number of benzene rings is 2. The summed E-state index contributed by atoms with van der Waals surface area (Å²) in [5, 5.41) is 0. The molecule has 108 valence electrons. The third-order valence-electron chi connectivity index (χ3n) is 3.89. The number of rotatable bonds is 4. The number of halogens is 1. The minimum Gasteiger partial charge on any atom is -0.493 e. The van der Waals surface area contributed by atoms with Crippen LogP contribution in [0.3, 0.4) is 0 Å². The number of Topliss-reactive ketones (excluding diaryl/α,β-unsaturated/α-hetero) is 1. The van der Waals surface area contributed by atoms with Crippen molar-refractivity contribution in [2.45, 2.75) is 26.2 Å². The molecule has 21 heavy (non-hydrogen) atoms. The third-order valence-corrected chi connectivity index (χ3v) is 3.89. The average molecular weight is 284 g/mol. The van der Waals surface area contributed by atoms with E-state index in [2.05, 4.69) is 6.07 Å². The molecule has 1 heterocycles. The van der Waals surface area contributed by atoms with Crippen molar-refractivity contribution in [3.05, 3.63) is 64.5 Å². The van der Waals surface area contributed by atoms with Gasteiger partial charge in [-0.2, -0.15) is 0 Å². The normalized spacial score (nSPS) is 12.9. The van der Waals surface area contributed by atoms with Crippen molar-refractivity contribution >= 4 is 5.78 Å². The Hall–Kier alpha value is -2.16. The molecule has 0 radical (unpaired) electrons. The van der Waals surface area contributed by atoms with Gasteiger partial charge in [0, 0.05) is 12.8 Å². The Kier molecular flexibility index (Phi) is 3.74. The van der Waals surface area contributed by atoms with Gasteiger partial charge >= 0.3 is 0 Å². The van der Waals surface area contributed by atoms with E-state index in [4.69, 9.17) is 4.74 Å². The predicted molar refractivity (Wildman–Crippen MR) is 79.4 cm³/mol. The van der Waals surface area contributed by atoms with Crippen molar-refractivity contribution in [2.75, 3.05) is 6.61 Å². The Morgan fingerprint density at radius 3 is 3.00 bits per heavy atom. The Labute approximate surface area is 123 Å². The number of hydrogen-bond acceptors (Lipinski definition) is 2. The summed E-state index contributed by atoms with van der Waals surface area (Å²) in [6, 6.07) is 11.0. The first-order chi connectivity index (χ1) is 10.1. The topological polar surface area (TPSA) is 26.3 Å². The number of hydrogen-bond donors (Lipinski definition) is 0. The lowest BCUT2D eigenvalue weighted by molar-refractivity contribution is 0.0978. The van der Waals surface area contributed by atoms with Crippen LogP contribution in [-0.4, -0.2) is 12.4 Å². The Balaban J connectivity index is 1.70. The number of carbonyl (C=O) groups is 1. The van der Waals surface area contributed by atoms with Gasteiger partial charge in [-0.15, -0.1) is 0 Å². The Morgan fingerprint density at radius 1 is 1.29 bits per heavy atom. The molecule has 0 unspecified atom stereocenters. The van der Waals surface area contributed by atoms with E-state index in [0.717, 1.165) is 24.3 Å². The van der Waals surface area contributed by atoms with Gasteiger partial charge in [-0.1, -0.05) is 24.3 Å². The van der Waals surface area contributed by atoms with Crippen LogP contribution in [0.15, 0.2) is 36.4 Å². The summed E-state index contributed by atoms with van der Waals surface area (Å²) in [6.07, 6.45) is 1.86. The van der Waals surface area contributed by atoms with Gasteiger partial charge in [0.1, 0.15) is 11.6 Å². The monoisotopic (exact) mass is 284 g/mol. The molecule has 2 nitrogen and oxygen atoms in total. The van der Waals surface area contributed by atoms with Crippen molar-refractivity contribution in [3.63, 3.8) is 0 Å². The van der Waals surface area contributed by atoms with Gasteiger partial charge in [0.25, 0.3) is 0 Å². The molecular weight excluding hydrogens is 267 g/mol. The molecule has 1 aliphatic rings. The molecule has 2 aromatic rings. The van der Waals surface area contributed by atoms with E-state index in [-0.39, 0.29) is 11.3 Å². The van der Waals surface area contributed by atoms with Crippen molar-refractivity contribution in [1.82, 2.24) is 0 Å². The summed E-state index contributed by atoms with van der Waals surface area (Å²) >= 11 is 0. The molecule has 0 aliphatic carbocycles. The Bertz CT molecular complexity index is 692. The maximum Gasteiger partial charge on any atom is 0.166 e. The molecule has 0 amide bonds. The molecule has 0 N–H and O–H groups in total. The van der Waals surface area contributed by atoms with Crippen LogP contribution in [0, 0.1) is 12.7 Å². The number of ketones is 1. The van der Waals surface area contributed by atoms with E-state index >= 15 is 0 Å². The first kappa shape index (κ1) is 13.8. The lowest BCUT2D eigenvalue weighted by atomic mass is 9.99. The van der Waals surface area contributed by atoms with Crippen molar-refractivity contribution in [3.8, 4) is 5.75 Å². The summed E-state index contributed by atoms with van der Waals surface area (Å²) in [5.41, 5.74) is 3.00. The lowest BCUT2D eigenvalue weighted by Gasteiger charge is -2.06. The first-order valence-electron chi connectivity index (χ1n) is 7.18. The zero-order valence-corrected chi connectivity index (χ0v) is 12.0. The summed E-state index contributed by atoms with van der Waals surface area (Å²) in [4.78, 5) is 12.2. The maximum atomic E-state index is 13.9. The summed E-state index contributed by atoms with van der Waals surface area (Å²) in [5.74, 6) is 0.396. The highest BCUT2D eigenvalue weighted by atomic mass is 19.1. The third kappa shape index (κ3) is 2.82. The molecular formula is C18H17FO2. The van der Waals surface area contributed by atoms with Gasteiger partial charge in [0.05, 0.1) is 12.2 Å². The molecule has 1 aliphatic heterocycles. The number of carbonyl (C=O) groups excluding carboxylic acids is 1. The molecule has 0 atom stereocenters. The standard InChI is InChI=1S/C18H17FO2/c1-12-3-2-4-15(18(12)19)16(20)7-5-13-6-8-17-14(11-13)9-10-21-17/h2-4,6,8,11H,5,7,9-10H2,1H3. The fourth-order valence-corrected chi connectivity index (χ4v) is 2.65. The number of aryl methyl sites for hydroxylation is 2. The molecule has 2 aromatic carbocycles. The molecule has 3 heteroatoms. The van der Waals surface area contributed by atoms with E-state index in [1.165, 1.54) is 5.56 Å². The van der Waals surface area contributed by atoms with Crippen LogP contribution in [0.25, 0.3) is 0 Å². The van der Waals surface area contributed by atoms with E-state index in [9.17, 15) is 9.18 Å². The average Bonchev–Trinajstić information content (AvgIpc) is 2.95. The molecule has 0 aromatic heterocycles. The second-order valence-electron chi connectivity index (χ2n) is 5.40. The minimum absolute atomic E-state index is 0.145. The minimum atomic E-state index is -0.398. The van der Waals surface area contributed by atoms with Crippen molar-refractivity contribution in [1.29, 1.82) is 0 Å². The summed E-state index contributed by atoms with van der Waals surface area (Å²) in [6.45, 7) is 2.40. The zero-order chi connectivity index (χ0) is 14.8. The number of fused-ring (bicyclic) bond motifs is 1. The second-order valence-corrected chi connectivity index (χ2v) is 5.40. The van der Waals surface area contributed by atoms with Gasteiger partial charge in [0.2, 0.25) is 0 Å². The van der Waals surface area contributed by atoms with Gasteiger partial charge in [-0.05, 0) is 42.2 Å². The van der Waals surface area contributed by atoms with Gasteiger partial charge in [0.15, 0.2) is 5.78 Å². The van der Waals surface area contributed by atoms with Crippen LogP contribution in [0.4, 0.5) is 4.39 Å². The maximum absolute atomic E-state index is 13.9. The van der Waals surface area contributed by atoms with Crippen LogP contribution >= 0.6 is 0 Å². The van der Waals surface area contributed by atoms with E-state index in [1.807, 2.05) is 12.1 Å². The quantitative estimate of drug-likeness (QED) is 0.796. The predicted octanol–water partition coefficient (Wildman–Crippen LogP) is 3.88. The van der Waals surface area contributed by atoms with Crippen LogP contribution in [-0.2, 0) is 12.8 Å². The molecule has 0 bridgehead atoms. The largest absolute Gasteiger partial charge is 0.493 e. The van der Waals surface area contributed by atoms with Crippen LogP contribution < -0.4 is 4.74 Å². The van der Waals surface area contributed by atoms with Crippen LogP contribution in [0.5, 0.6) is 5.75 Å². The van der Waals surface area contributed by atoms with E-state index in [0.29, 0.717) is 18.4 Å². The fourth-order valence-electron chi connectivity index (χ4n) is 2.65. The van der Waals surface area contributed by atoms with Crippen molar-refractivity contribution < 1.29 is 13.9 Å². The zero-order valence-electron chi connectivity index (χ0n) is 12.0. The smallest absolute Gasteiger partial charge is 0.166 e. The van der Waals surface area contributed by atoms with Crippen LogP contribution in [0.1, 0.15) is 33.5 Å². The molecule has 3 rings (SSSR count). The number of ether oxygens (including phenoxy) is 1. The highest BCUT2D eigenvalue weighted by molar-refractivity contribution is 5.96. The van der Waals surface area contributed by atoms with Crippen molar-refractivity contribution in [2.24, 2.45) is 0 Å². The van der Waals surface area contributed by atoms with Crippen LogP contribution in [0.2, 0.25) is 0 Å². The lowest BCUT2D eigenvalue weighted by Crippen LogP contribution is -2.05. The van der Waals surface area contributed by atoms with E-state index in [1.54, 1.807) is 25.1 Å². The summed E-state index contributed by atoms with van der Waals surface area (Å²) in [7, 11) is 0. The SMILES string of the molecule is Cc1cccc(C(=O)CCc2ccc3c(c2)CCO3)c1F. The molecule has 0 saturated carbocycles. The van der Waals surface area contributed by atoms with Gasteiger partial charge in [-0.3, -0.25) is 4.79 Å². The van der Waals surface area contributed by atoms with E-state index < -0.39 is 5.82 Å². The second kappa shape index (κ2) is 5.68. The molecule has 0 fully saturated rings. The highest BCUT2D eigenvalue weighted by Crippen LogP contribution is 2.26. The molecule has 0 saturated heterocycles. The Morgan fingerprint density at radius 2 is 2.14 bits per heavy atom. The van der Waals surface area contributed by atoms with Gasteiger partial charge < -0.3 is 4.74 Å². The van der Waals surface area contributed by atoms with Gasteiger partial charge in [-0.25, -0.2) is 4.39 Å². The fraction of sp³-hybridized carbons (Fsp3) is 0.278.